The third-order valence-corrected chi connectivity index (χ3v) is 14.3. The molecule has 0 aromatic carbocycles. The molecule has 20 heavy (non-hydrogen) atoms. The van der Waals surface area contributed by atoms with E-state index >= 15 is 0 Å². The first-order valence-electron chi connectivity index (χ1n) is 7.75. The topological polar surface area (TPSA) is 0 Å². The normalized spacial score (nSPS) is 13.6. The Morgan fingerprint density at radius 1 is 0.550 bits per heavy atom. The number of allylic oxidation sites excluding steroid dienone is 1. The van der Waals surface area contributed by atoms with E-state index in [1.54, 1.807) is 5.20 Å². The number of hydrogen-bond acceptors (Lipinski definition) is 0. The van der Waals surface area contributed by atoms with Gasteiger partial charge in [0.05, 0.1) is 24.2 Å². The Morgan fingerprint density at radius 3 is 1.10 bits per heavy atom. The second kappa shape index (κ2) is 6.11. The minimum absolute atomic E-state index is 1.30. The molecule has 0 heterocycles. The summed E-state index contributed by atoms with van der Waals surface area (Å²) in [7, 11) is -5.28. The highest BCUT2D eigenvalue weighted by atomic mass is 28.4. The molecule has 0 fully saturated rings. The molecule has 116 valence electrons. The fourth-order valence-corrected chi connectivity index (χ4v) is 19.7. The Balaban J connectivity index is 6.43. The van der Waals surface area contributed by atoms with Crippen molar-refractivity contribution in [3.05, 3.63) is 10.0 Å². The lowest BCUT2D eigenvalue weighted by Crippen LogP contribution is -2.44. The third kappa shape index (κ3) is 6.75. The van der Waals surface area contributed by atoms with Crippen molar-refractivity contribution in [3.63, 3.8) is 0 Å². The summed E-state index contributed by atoms with van der Waals surface area (Å²) >= 11 is 0. The fraction of sp³-hybridized carbons (Fsp3) is 0.750. The molecule has 0 amide bonds. The van der Waals surface area contributed by atoms with Gasteiger partial charge in [-0.1, -0.05) is 89.3 Å². The summed E-state index contributed by atoms with van der Waals surface area (Å²) in [6.07, 6.45) is 0. The van der Waals surface area contributed by atoms with Gasteiger partial charge < -0.3 is 0 Å². The molecule has 0 bridgehead atoms. The highest BCUT2D eigenvalue weighted by molar-refractivity contribution is 7.07. The van der Waals surface area contributed by atoms with Crippen LogP contribution >= 0.6 is 0 Å². The molecular weight excluding hydrogens is 305 g/mol. The van der Waals surface area contributed by atoms with Gasteiger partial charge in [-0.3, -0.25) is 0 Å². The van der Waals surface area contributed by atoms with Crippen molar-refractivity contribution >= 4 is 32.3 Å². The van der Waals surface area contributed by atoms with Crippen LogP contribution in [0.25, 0.3) is 0 Å². The van der Waals surface area contributed by atoms with Gasteiger partial charge in [-0.2, -0.15) is 0 Å². The Kier molecular flexibility index (Phi) is 6.17. The van der Waals surface area contributed by atoms with Crippen LogP contribution in [0.15, 0.2) is 10.0 Å². The second-order valence-corrected chi connectivity index (χ2v) is 30.2. The lowest BCUT2D eigenvalue weighted by atomic mass is 10.6. The average Bonchev–Trinajstić information content (AvgIpc) is 2.03. The van der Waals surface area contributed by atoms with Gasteiger partial charge in [-0.05, 0) is 5.20 Å². The summed E-state index contributed by atoms with van der Waals surface area (Å²) in [5.41, 5.74) is 3.66. The van der Waals surface area contributed by atoms with E-state index < -0.39 is 32.3 Å². The first-order valence-corrected chi connectivity index (χ1v) is 21.8. The van der Waals surface area contributed by atoms with Crippen molar-refractivity contribution < 1.29 is 0 Å². The molecule has 0 saturated carbocycles. The van der Waals surface area contributed by atoms with Gasteiger partial charge in [-0.15, -0.1) is 5.54 Å². The lowest BCUT2D eigenvalue weighted by molar-refractivity contribution is 1.57. The largest absolute Gasteiger partial charge is 0.129 e. The van der Waals surface area contributed by atoms with Crippen LogP contribution in [0.1, 0.15) is 0 Å². The van der Waals surface area contributed by atoms with Crippen molar-refractivity contribution in [2.75, 3.05) is 0 Å². The molecule has 4 heteroatoms. The van der Waals surface area contributed by atoms with E-state index in [1.165, 1.54) is 0 Å². The van der Waals surface area contributed by atoms with Crippen molar-refractivity contribution in [2.24, 2.45) is 0 Å². The average molecular weight is 341 g/mol. The molecule has 0 unspecified atom stereocenters. The minimum atomic E-state index is -1.37. The summed E-state index contributed by atoms with van der Waals surface area (Å²) in [6.45, 7) is 29.5. The van der Waals surface area contributed by atoms with Crippen LogP contribution in [0, 0.1) is 11.5 Å². The molecule has 0 aliphatic rings. The molecule has 0 atom stereocenters. The molecule has 0 spiro atoms. The van der Waals surface area contributed by atoms with Crippen LogP contribution in [0.2, 0.25) is 78.6 Å². The van der Waals surface area contributed by atoms with Crippen LogP contribution in [-0.2, 0) is 0 Å². The molecule has 0 aliphatic carbocycles. The van der Waals surface area contributed by atoms with Gasteiger partial charge in [0.2, 0.25) is 0 Å². The SMILES string of the molecule is C[Si](C)(C)C#CC(=C([Si](C)(C)C)[Si](C)(C)C)[Si](C)(C)C. The predicted molar refractivity (Wildman–Crippen MR) is 108 cm³/mol. The standard InChI is InChI=1S/C16H36Si4/c1-17(2,3)14-13-15(18(4,5)6)16(19(7,8)9)20(10,11)12/h1-12H3. The van der Waals surface area contributed by atoms with E-state index in [1.807, 2.05) is 4.82 Å². The van der Waals surface area contributed by atoms with Crippen LogP contribution in [0.5, 0.6) is 0 Å². The summed E-state index contributed by atoms with van der Waals surface area (Å²) in [6, 6.07) is 0. The van der Waals surface area contributed by atoms with E-state index in [0.29, 0.717) is 0 Å². The summed E-state index contributed by atoms with van der Waals surface area (Å²) in [5, 5.41) is 1.61. The van der Waals surface area contributed by atoms with Gasteiger partial charge >= 0.3 is 0 Å². The first kappa shape index (κ1) is 20.2. The van der Waals surface area contributed by atoms with Crippen LogP contribution in [0.4, 0.5) is 0 Å². The zero-order valence-electron chi connectivity index (χ0n) is 16.0. The summed E-state index contributed by atoms with van der Waals surface area (Å²) < 4.78 is 0. The monoisotopic (exact) mass is 340 g/mol. The summed E-state index contributed by atoms with van der Waals surface area (Å²) in [4.78, 5) is 1.84. The van der Waals surface area contributed by atoms with Crippen molar-refractivity contribution in [2.45, 2.75) is 78.6 Å². The van der Waals surface area contributed by atoms with Gasteiger partial charge in [0, 0.05) is 0 Å². The third-order valence-electron chi connectivity index (χ3n) is 3.06. The molecule has 0 rings (SSSR count). The Morgan fingerprint density at radius 2 is 0.900 bits per heavy atom. The lowest BCUT2D eigenvalue weighted by Gasteiger charge is -2.36. The van der Waals surface area contributed by atoms with Crippen LogP contribution in [0.3, 0.4) is 0 Å². The Labute approximate surface area is 132 Å². The molecule has 0 saturated heterocycles. The van der Waals surface area contributed by atoms with E-state index in [0.717, 1.165) is 0 Å². The molecule has 0 nitrogen and oxygen atoms in total. The van der Waals surface area contributed by atoms with Crippen molar-refractivity contribution in [1.29, 1.82) is 0 Å². The van der Waals surface area contributed by atoms with Gasteiger partial charge in [0.25, 0.3) is 0 Å². The maximum absolute atomic E-state index is 3.74. The van der Waals surface area contributed by atoms with Gasteiger partial charge in [0.1, 0.15) is 8.07 Å². The second-order valence-electron chi connectivity index (χ2n) is 10.0. The zero-order valence-corrected chi connectivity index (χ0v) is 20.0. The van der Waals surface area contributed by atoms with E-state index in [2.05, 4.69) is 90.0 Å². The minimum Gasteiger partial charge on any atom is -0.127 e. The van der Waals surface area contributed by atoms with Gasteiger partial charge in [-0.25, -0.2) is 0 Å². The van der Waals surface area contributed by atoms with E-state index in [9.17, 15) is 0 Å². The first-order chi connectivity index (χ1) is 8.46. The molecule has 0 aromatic heterocycles. The molecular formula is C16H36Si4. The fourth-order valence-electron chi connectivity index (χ4n) is 2.75. The van der Waals surface area contributed by atoms with E-state index in [-0.39, 0.29) is 0 Å². The number of rotatable bonds is 3. The van der Waals surface area contributed by atoms with E-state index in [4.69, 9.17) is 0 Å². The zero-order chi connectivity index (χ0) is 16.6. The maximum Gasteiger partial charge on any atom is 0.129 e. The highest BCUT2D eigenvalue weighted by Gasteiger charge is 2.36. The van der Waals surface area contributed by atoms with Crippen molar-refractivity contribution in [1.82, 2.24) is 0 Å². The van der Waals surface area contributed by atoms with Crippen LogP contribution < -0.4 is 0 Å². The van der Waals surface area contributed by atoms with Crippen LogP contribution in [-0.4, -0.2) is 32.3 Å². The smallest absolute Gasteiger partial charge is 0.127 e. The molecule has 0 aliphatic heterocycles. The highest BCUT2D eigenvalue weighted by Crippen LogP contribution is 2.32. The predicted octanol–water partition coefficient (Wildman–Crippen LogP) is 5.80. The van der Waals surface area contributed by atoms with Gasteiger partial charge in [0.15, 0.2) is 0 Å². The Hall–Kier alpha value is 0.168. The quantitative estimate of drug-likeness (QED) is 0.450. The van der Waals surface area contributed by atoms with Crippen molar-refractivity contribution in [3.8, 4) is 11.5 Å². The Bertz CT molecular complexity index is 419. The molecule has 0 radical (unpaired) electrons. The maximum atomic E-state index is 3.74. The number of hydrogen-bond donors (Lipinski definition) is 0. The molecule has 0 aromatic rings. The summed E-state index contributed by atoms with van der Waals surface area (Å²) in [5.74, 6) is 3.74. The molecule has 0 N–H and O–H groups in total.